The van der Waals surface area contributed by atoms with E-state index in [2.05, 4.69) is 21.2 Å². The Morgan fingerprint density at radius 2 is 1.73 bits per heavy atom. The number of hydrogen-bond donors (Lipinski definition) is 1. The zero-order valence-electron chi connectivity index (χ0n) is 19.7. The van der Waals surface area contributed by atoms with E-state index in [1.165, 1.54) is 5.56 Å². The van der Waals surface area contributed by atoms with E-state index in [0.29, 0.717) is 18.6 Å². The van der Waals surface area contributed by atoms with Crippen molar-refractivity contribution in [1.29, 1.82) is 0 Å². The molecule has 0 spiro atoms. The van der Waals surface area contributed by atoms with Gasteiger partial charge in [0, 0.05) is 44.8 Å². The molecule has 33 heavy (non-hydrogen) atoms. The topological polar surface area (TPSA) is 54.0 Å². The van der Waals surface area contributed by atoms with Crippen LogP contribution < -0.4 is 10.1 Å². The molecular weight excluding hydrogens is 421 g/mol. The molecule has 1 N–H and O–H groups in total. The molecule has 0 aliphatic carbocycles. The van der Waals surface area contributed by atoms with Crippen LogP contribution in [-0.2, 0) is 30.6 Å². The normalized spacial score (nSPS) is 16.6. The summed E-state index contributed by atoms with van der Waals surface area (Å²) < 4.78 is 25.2. The number of fused-ring (bicyclic) bond motifs is 1. The molecule has 2 aromatic rings. The number of nitrogens with zero attached hydrogens (tertiary/aromatic N) is 2. The van der Waals surface area contributed by atoms with E-state index < -0.39 is 0 Å². The van der Waals surface area contributed by atoms with Gasteiger partial charge in [-0.2, -0.15) is 0 Å². The van der Waals surface area contributed by atoms with E-state index >= 15 is 0 Å². The Labute approximate surface area is 195 Å². The van der Waals surface area contributed by atoms with Crippen molar-refractivity contribution in [2.24, 2.45) is 0 Å². The van der Waals surface area contributed by atoms with E-state index in [1.54, 1.807) is 13.2 Å². The number of cyclic esters (lactones) is 1. The van der Waals surface area contributed by atoms with Gasteiger partial charge in [0.2, 0.25) is 0 Å². The minimum absolute atomic E-state index is 0.137. The molecule has 4 rings (SSSR count). The smallest absolute Gasteiger partial charge is 0.338 e. The van der Waals surface area contributed by atoms with Crippen LogP contribution in [0.1, 0.15) is 32.6 Å². The third-order valence-electron chi connectivity index (χ3n) is 6.72. The fourth-order valence-corrected chi connectivity index (χ4v) is 4.62. The summed E-state index contributed by atoms with van der Waals surface area (Å²) in [5.41, 5.74) is 4.58. The number of likely N-dealkylation sites (N-methyl/N-ethyl adjacent to an activating group) is 1. The summed E-state index contributed by atoms with van der Waals surface area (Å²) in [5, 5.41) is 3.10. The third-order valence-corrected chi connectivity index (χ3v) is 6.72. The van der Waals surface area contributed by atoms with E-state index in [1.807, 2.05) is 25.2 Å². The first kappa shape index (κ1) is 23.7. The second-order valence-corrected chi connectivity index (χ2v) is 8.86. The summed E-state index contributed by atoms with van der Waals surface area (Å²) in [6.07, 6.45) is 2.40. The molecule has 6 nitrogen and oxygen atoms in total. The molecule has 1 saturated heterocycles. The van der Waals surface area contributed by atoms with Crippen LogP contribution in [0.2, 0.25) is 0 Å². The molecule has 0 saturated carbocycles. The molecule has 2 aliphatic rings. The van der Waals surface area contributed by atoms with Gasteiger partial charge in [-0.15, -0.1) is 0 Å². The average molecular weight is 456 g/mol. The van der Waals surface area contributed by atoms with E-state index in [9.17, 15) is 9.18 Å². The summed E-state index contributed by atoms with van der Waals surface area (Å²) >= 11 is 0. The monoisotopic (exact) mass is 455 g/mol. The highest BCUT2D eigenvalue weighted by molar-refractivity contribution is 5.93. The molecular formula is C26H34FN3O3. The van der Waals surface area contributed by atoms with Gasteiger partial charge >= 0.3 is 5.97 Å². The molecule has 7 heteroatoms. The zero-order valence-corrected chi connectivity index (χ0v) is 19.7. The van der Waals surface area contributed by atoms with Crippen molar-refractivity contribution in [3.63, 3.8) is 0 Å². The number of piperazine rings is 1. The highest BCUT2D eigenvalue weighted by Crippen LogP contribution is 2.24. The van der Waals surface area contributed by atoms with E-state index in [-0.39, 0.29) is 11.8 Å². The highest BCUT2D eigenvalue weighted by Gasteiger charge is 2.22. The first-order valence-corrected chi connectivity index (χ1v) is 11.8. The Bertz CT molecular complexity index is 973. The predicted octanol–water partition coefficient (Wildman–Crippen LogP) is 2.67. The Balaban J connectivity index is 1.22. The second-order valence-electron chi connectivity index (χ2n) is 8.86. The van der Waals surface area contributed by atoms with Crippen molar-refractivity contribution >= 4 is 5.97 Å². The molecule has 0 aromatic heterocycles. The fraction of sp³-hybridized carbons (Fsp3) is 0.500. The lowest BCUT2D eigenvalue weighted by molar-refractivity contribution is 0.0535. The molecule has 2 aliphatic heterocycles. The number of methoxy groups -OCH3 is 1. The Kier molecular flexibility index (Phi) is 7.96. The molecule has 1 fully saturated rings. The van der Waals surface area contributed by atoms with Crippen LogP contribution in [0.5, 0.6) is 5.75 Å². The molecule has 0 radical (unpaired) electrons. The Morgan fingerprint density at radius 3 is 2.42 bits per heavy atom. The van der Waals surface area contributed by atoms with Crippen LogP contribution in [0.25, 0.3) is 0 Å². The number of carbonyl (C=O) groups excluding carboxylic acids is 1. The summed E-state index contributed by atoms with van der Waals surface area (Å²) in [6, 6.07) is 9.52. The van der Waals surface area contributed by atoms with Gasteiger partial charge in [0.25, 0.3) is 0 Å². The van der Waals surface area contributed by atoms with Gasteiger partial charge < -0.3 is 24.6 Å². The maximum atomic E-state index is 14.6. The Hall–Kier alpha value is -2.48. The maximum absolute atomic E-state index is 14.6. The number of hydrogen-bond acceptors (Lipinski definition) is 6. The zero-order chi connectivity index (χ0) is 23.2. The van der Waals surface area contributed by atoms with Gasteiger partial charge in [0.15, 0.2) is 0 Å². The van der Waals surface area contributed by atoms with Gasteiger partial charge in [0.05, 0.1) is 12.7 Å². The summed E-state index contributed by atoms with van der Waals surface area (Å²) in [7, 11) is 3.54. The van der Waals surface area contributed by atoms with Crippen molar-refractivity contribution in [3.8, 4) is 5.75 Å². The standard InChI is InChI=1S/C26H34FN3O3/c1-28-8-5-21-16-24(27)20(17-25(21)32-2)7-10-30-13-11-29(12-14-30)9-6-19-3-4-23-22(15-19)18-33-26(23)31/h3-4,15-17,28H,5-14,18H2,1-2H3. The molecule has 2 aromatic carbocycles. The Morgan fingerprint density at radius 1 is 1.00 bits per heavy atom. The highest BCUT2D eigenvalue weighted by atomic mass is 19.1. The van der Waals surface area contributed by atoms with Crippen molar-refractivity contribution in [3.05, 3.63) is 64.0 Å². The van der Waals surface area contributed by atoms with Crippen LogP contribution >= 0.6 is 0 Å². The van der Waals surface area contributed by atoms with Gasteiger partial charge in [-0.25, -0.2) is 9.18 Å². The molecule has 2 heterocycles. The number of nitrogens with one attached hydrogen (secondary N) is 1. The summed E-state index contributed by atoms with van der Waals surface area (Å²) in [4.78, 5) is 16.5. The molecule has 0 bridgehead atoms. The fourth-order valence-electron chi connectivity index (χ4n) is 4.62. The summed E-state index contributed by atoms with van der Waals surface area (Å²) in [5.74, 6) is 0.423. The number of carbonyl (C=O) groups is 1. The minimum Gasteiger partial charge on any atom is -0.496 e. The molecule has 0 amide bonds. The first-order chi connectivity index (χ1) is 16.1. The second kappa shape index (κ2) is 11.1. The van der Waals surface area contributed by atoms with Gasteiger partial charge in [-0.05, 0) is 67.7 Å². The number of esters is 1. The van der Waals surface area contributed by atoms with Crippen molar-refractivity contribution < 1.29 is 18.7 Å². The number of ether oxygens (including phenoxy) is 2. The van der Waals surface area contributed by atoms with Crippen LogP contribution in [0.3, 0.4) is 0 Å². The average Bonchev–Trinajstić information content (AvgIpc) is 3.21. The van der Waals surface area contributed by atoms with Crippen LogP contribution in [-0.4, -0.2) is 75.7 Å². The number of rotatable bonds is 10. The predicted molar refractivity (Wildman–Crippen MR) is 126 cm³/mol. The first-order valence-electron chi connectivity index (χ1n) is 11.8. The van der Waals surface area contributed by atoms with Crippen molar-refractivity contribution in [2.45, 2.75) is 25.9 Å². The van der Waals surface area contributed by atoms with Crippen LogP contribution in [0, 0.1) is 5.82 Å². The van der Waals surface area contributed by atoms with Gasteiger partial charge in [-0.3, -0.25) is 0 Å². The lowest BCUT2D eigenvalue weighted by atomic mass is 10.0. The van der Waals surface area contributed by atoms with Crippen molar-refractivity contribution in [1.82, 2.24) is 15.1 Å². The van der Waals surface area contributed by atoms with E-state index in [0.717, 1.165) is 81.1 Å². The van der Waals surface area contributed by atoms with Crippen LogP contribution in [0.4, 0.5) is 4.39 Å². The lowest BCUT2D eigenvalue weighted by Gasteiger charge is -2.34. The van der Waals surface area contributed by atoms with Gasteiger partial charge in [0.1, 0.15) is 18.2 Å². The molecule has 0 unspecified atom stereocenters. The SMILES string of the molecule is CNCCc1cc(F)c(CCN2CCN(CCc3ccc4c(c3)COC4=O)CC2)cc1OC. The van der Waals surface area contributed by atoms with Crippen molar-refractivity contribution in [2.75, 3.05) is 60.0 Å². The molecule has 0 atom stereocenters. The van der Waals surface area contributed by atoms with Crippen LogP contribution in [0.15, 0.2) is 30.3 Å². The quantitative estimate of drug-likeness (QED) is 0.556. The largest absolute Gasteiger partial charge is 0.496 e. The number of halogens is 1. The third kappa shape index (κ3) is 5.91. The number of benzene rings is 2. The summed E-state index contributed by atoms with van der Waals surface area (Å²) in [6.45, 7) is 7.05. The lowest BCUT2D eigenvalue weighted by Crippen LogP contribution is -2.47. The maximum Gasteiger partial charge on any atom is 0.338 e. The minimum atomic E-state index is -0.212. The van der Waals surface area contributed by atoms with Gasteiger partial charge in [-0.1, -0.05) is 12.1 Å². The van der Waals surface area contributed by atoms with E-state index in [4.69, 9.17) is 9.47 Å². The molecule has 178 valence electrons.